The summed E-state index contributed by atoms with van der Waals surface area (Å²) < 4.78 is 0. The molecule has 3 nitrogen and oxygen atoms in total. The van der Waals surface area contributed by atoms with Crippen LogP contribution in [-0.4, -0.2) is 5.54 Å². The van der Waals surface area contributed by atoms with Gasteiger partial charge in [0, 0.05) is 16.9 Å². The van der Waals surface area contributed by atoms with Crippen LogP contribution in [0.15, 0.2) is 48.5 Å². The quantitative estimate of drug-likeness (QED) is 0.814. The predicted octanol–water partition coefficient (Wildman–Crippen LogP) is 3.96. The number of nitrogens with one attached hydrogen (secondary N) is 1. The lowest BCUT2D eigenvalue weighted by molar-refractivity contribution is 0.518. The van der Waals surface area contributed by atoms with Gasteiger partial charge < -0.3 is 11.1 Å². The third-order valence-corrected chi connectivity index (χ3v) is 3.54. The van der Waals surface area contributed by atoms with Gasteiger partial charge in [0.1, 0.15) is 6.07 Å². The molecular weight excluding hydrogens is 258 g/mol. The highest BCUT2D eigenvalue weighted by atomic mass is 15.0. The largest absolute Gasteiger partial charge is 0.398 e. The molecule has 21 heavy (non-hydrogen) atoms. The Morgan fingerprint density at radius 3 is 2.52 bits per heavy atom. The van der Waals surface area contributed by atoms with Gasteiger partial charge in [-0.05, 0) is 50.5 Å². The molecule has 108 valence electrons. The van der Waals surface area contributed by atoms with E-state index in [9.17, 15) is 0 Å². The molecule has 0 heterocycles. The van der Waals surface area contributed by atoms with Gasteiger partial charge in [-0.25, -0.2) is 0 Å². The highest BCUT2D eigenvalue weighted by molar-refractivity contribution is 5.62. The lowest BCUT2D eigenvalue weighted by Gasteiger charge is -2.28. The Kier molecular flexibility index (Phi) is 4.49. The maximum absolute atomic E-state index is 9.04. The molecule has 0 fully saturated rings. The van der Waals surface area contributed by atoms with Gasteiger partial charge >= 0.3 is 0 Å². The van der Waals surface area contributed by atoms with Crippen LogP contribution >= 0.6 is 0 Å². The number of nitrogens with two attached hydrogens (primary N) is 1. The zero-order chi connectivity index (χ0) is 15.3. The van der Waals surface area contributed by atoms with E-state index < -0.39 is 0 Å². The van der Waals surface area contributed by atoms with E-state index in [4.69, 9.17) is 11.0 Å². The van der Waals surface area contributed by atoms with Gasteiger partial charge in [-0.3, -0.25) is 0 Å². The fourth-order valence-corrected chi connectivity index (χ4v) is 2.29. The summed E-state index contributed by atoms with van der Waals surface area (Å²) in [6, 6.07) is 18.1. The van der Waals surface area contributed by atoms with Crippen LogP contribution < -0.4 is 11.1 Å². The van der Waals surface area contributed by atoms with E-state index in [1.54, 1.807) is 12.1 Å². The van der Waals surface area contributed by atoms with Crippen molar-refractivity contribution in [2.24, 2.45) is 0 Å². The molecule has 0 atom stereocenters. The molecule has 0 unspecified atom stereocenters. The molecule has 0 radical (unpaired) electrons. The third kappa shape index (κ3) is 4.25. The number of nitrogen functional groups attached to an aromatic ring is 1. The Hall–Kier alpha value is -2.47. The molecule has 3 N–H and O–H groups in total. The monoisotopic (exact) mass is 279 g/mol. The minimum atomic E-state index is -0.0569. The maximum atomic E-state index is 9.04. The fourth-order valence-electron chi connectivity index (χ4n) is 2.29. The molecule has 2 aromatic rings. The highest BCUT2D eigenvalue weighted by Gasteiger charge is 2.17. The number of nitrogens with zero attached hydrogens (tertiary/aromatic N) is 1. The summed E-state index contributed by atoms with van der Waals surface area (Å²) in [5.74, 6) is 0. The van der Waals surface area contributed by atoms with E-state index in [1.807, 2.05) is 12.1 Å². The number of aryl methyl sites for hydroxylation is 1. The average Bonchev–Trinajstić information content (AvgIpc) is 2.48. The molecule has 0 aliphatic rings. The first-order chi connectivity index (χ1) is 10.00. The number of anilines is 2. The van der Waals surface area contributed by atoms with Gasteiger partial charge in [-0.2, -0.15) is 5.26 Å². The van der Waals surface area contributed by atoms with E-state index in [1.165, 1.54) is 5.56 Å². The van der Waals surface area contributed by atoms with Crippen LogP contribution in [0.2, 0.25) is 0 Å². The van der Waals surface area contributed by atoms with Crippen LogP contribution in [0.3, 0.4) is 0 Å². The Bertz CT molecular complexity index is 639. The molecule has 0 amide bonds. The molecule has 0 aromatic heterocycles. The van der Waals surface area contributed by atoms with Gasteiger partial charge in [0.25, 0.3) is 0 Å². The molecule has 2 rings (SSSR count). The fraction of sp³-hybridized carbons (Fsp3) is 0.278. The zero-order valence-electron chi connectivity index (χ0n) is 12.6. The van der Waals surface area contributed by atoms with Crippen LogP contribution in [0, 0.1) is 11.3 Å². The van der Waals surface area contributed by atoms with E-state index in [2.05, 4.69) is 49.5 Å². The zero-order valence-corrected chi connectivity index (χ0v) is 12.6. The van der Waals surface area contributed by atoms with Crippen LogP contribution in [-0.2, 0) is 6.42 Å². The van der Waals surface area contributed by atoms with Crippen molar-refractivity contribution in [2.75, 3.05) is 11.1 Å². The van der Waals surface area contributed by atoms with Crippen molar-refractivity contribution in [1.82, 2.24) is 0 Å². The van der Waals surface area contributed by atoms with Crippen molar-refractivity contribution < 1.29 is 0 Å². The van der Waals surface area contributed by atoms with Crippen LogP contribution in [0.5, 0.6) is 0 Å². The van der Waals surface area contributed by atoms with Crippen molar-refractivity contribution in [3.63, 3.8) is 0 Å². The molecular formula is C18H21N3. The van der Waals surface area contributed by atoms with Crippen LogP contribution in [0.1, 0.15) is 31.4 Å². The van der Waals surface area contributed by atoms with Gasteiger partial charge in [0.15, 0.2) is 0 Å². The number of benzene rings is 2. The number of rotatable bonds is 5. The molecule has 0 saturated carbocycles. The lowest BCUT2D eigenvalue weighted by Crippen LogP contribution is -2.31. The number of hydrogen-bond donors (Lipinski definition) is 2. The summed E-state index contributed by atoms with van der Waals surface area (Å²) in [5, 5.41) is 12.5. The molecule has 2 aromatic carbocycles. The second-order valence-corrected chi connectivity index (χ2v) is 5.91. The second kappa shape index (κ2) is 6.32. The Balaban J connectivity index is 2.02. The second-order valence-electron chi connectivity index (χ2n) is 5.91. The molecule has 0 spiro atoms. The van der Waals surface area contributed by atoms with Gasteiger partial charge in [0.05, 0.1) is 5.56 Å². The number of hydrogen-bond acceptors (Lipinski definition) is 3. The minimum absolute atomic E-state index is 0.0569. The lowest BCUT2D eigenvalue weighted by atomic mass is 9.94. The van der Waals surface area contributed by atoms with Crippen molar-refractivity contribution in [3.05, 3.63) is 59.7 Å². The summed E-state index contributed by atoms with van der Waals surface area (Å²) in [4.78, 5) is 0. The van der Waals surface area contributed by atoms with Crippen LogP contribution in [0.4, 0.5) is 11.4 Å². The van der Waals surface area contributed by atoms with Crippen molar-refractivity contribution in [1.29, 1.82) is 5.26 Å². The normalized spacial score (nSPS) is 10.9. The molecule has 0 bridgehead atoms. The Labute approximate surface area is 126 Å². The topological polar surface area (TPSA) is 61.8 Å². The summed E-state index contributed by atoms with van der Waals surface area (Å²) in [5.41, 5.74) is 8.99. The predicted molar refractivity (Wildman–Crippen MR) is 88.0 cm³/mol. The highest BCUT2D eigenvalue weighted by Crippen LogP contribution is 2.23. The standard InChI is InChI=1S/C18H21N3/c1-18(2,11-10-14-6-4-3-5-7-14)21-16-8-9-17(20)15(12-16)13-19/h3-9,12,21H,10-11,20H2,1-2H3. The molecule has 0 aliphatic heterocycles. The van der Waals surface area contributed by atoms with Crippen molar-refractivity contribution in [3.8, 4) is 6.07 Å². The molecule has 0 saturated heterocycles. The molecule has 3 heteroatoms. The van der Waals surface area contributed by atoms with Gasteiger partial charge in [-0.15, -0.1) is 0 Å². The summed E-state index contributed by atoms with van der Waals surface area (Å²) in [7, 11) is 0. The summed E-state index contributed by atoms with van der Waals surface area (Å²) in [6.45, 7) is 4.33. The SMILES string of the molecule is CC(C)(CCc1ccccc1)Nc1ccc(N)c(C#N)c1. The first-order valence-electron chi connectivity index (χ1n) is 7.12. The average molecular weight is 279 g/mol. The number of nitriles is 1. The van der Waals surface area contributed by atoms with Gasteiger partial charge in [0.2, 0.25) is 0 Å². The van der Waals surface area contributed by atoms with E-state index in [0.717, 1.165) is 18.5 Å². The van der Waals surface area contributed by atoms with E-state index in [0.29, 0.717) is 11.3 Å². The van der Waals surface area contributed by atoms with E-state index in [-0.39, 0.29) is 5.54 Å². The minimum Gasteiger partial charge on any atom is -0.398 e. The Morgan fingerprint density at radius 1 is 1.14 bits per heavy atom. The first kappa shape index (κ1) is 14.9. The van der Waals surface area contributed by atoms with E-state index >= 15 is 0 Å². The smallest absolute Gasteiger partial charge is 0.101 e. The molecule has 0 aliphatic carbocycles. The third-order valence-electron chi connectivity index (χ3n) is 3.54. The van der Waals surface area contributed by atoms with Crippen molar-refractivity contribution in [2.45, 2.75) is 32.2 Å². The van der Waals surface area contributed by atoms with Crippen LogP contribution in [0.25, 0.3) is 0 Å². The summed E-state index contributed by atoms with van der Waals surface area (Å²) in [6.07, 6.45) is 2.02. The first-order valence-corrected chi connectivity index (χ1v) is 7.12. The van der Waals surface area contributed by atoms with Crippen molar-refractivity contribution >= 4 is 11.4 Å². The summed E-state index contributed by atoms with van der Waals surface area (Å²) >= 11 is 0. The van der Waals surface area contributed by atoms with Gasteiger partial charge in [-0.1, -0.05) is 30.3 Å². The Morgan fingerprint density at radius 2 is 1.86 bits per heavy atom. The maximum Gasteiger partial charge on any atom is 0.101 e.